The number of anilines is 1. The maximum atomic E-state index is 12.9. The number of carbonyl (C=O) groups is 2. The summed E-state index contributed by atoms with van der Waals surface area (Å²) in [5.74, 6) is -1.12. The standard InChI is InChI=1S/C19H21ClN2O5S/c1-4-27-19(24)15-11-10-14(12-16(15)20)21-18(23)17(22(2)28(3,25)26)13-8-6-5-7-9-13/h5-12,17H,4H2,1-3H3,(H,21,23). The molecule has 1 unspecified atom stereocenters. The lowest BCUT2D eigenvalue weighted by Gasteiger charge is -2.25. The average molecular weight is 425 g/mol. The number of likely N-dealkylation sites (N-methyl/N-ethyl adjacent to an activating group) is 1. The third-order valence-electron chi connectivity index (χ3n) is 3.98. The number of sulfonamides is 1. The summed E-state index contributed by atoms with van der Waals surface area (Å²) in [6.07, 6.45) is 1.03. The maximum absolute atomic E-state index is 12.9. The second-order valence-electron chi connectivity index (χ2n) is 6.00. The van der Waals surface area contributed by atoms with Crippen molar-refractivity contribution in [2.24, 2.45) is 0 Å². The van der Waals surface area contributed by atoms with Gasteiger partial charge in [0.05, 0.1) is 23.4 Å². The highest BCUT2D eigenvalue weighted by Gasteiger charge is 2.30. The number of ether oxygens (including phenoxy) is 1. The van der Waals surface area contributed by atoms with Crippen molar-refractivity contribution in [3.8, 4) is 0 Å². The third-order valence-corrected chi connectivity index (χ3v) is 5.55. The first-order valence-corrected chi connectivity index (χ1v) is 10.6. The monoisotopic (exact) mass is 424 g/mol. The number of halogens is 1. The van der Waals surface area contributed by atoms with Gasteiger partial charge in [0.15, 0.2) is 0 Å². The molecule has 0 saturated carbocycles. The predicted octanol–water partition coefficient (Wildman–Crippen LogP) is 3.09. The van der Waals surface area contributed by atoms with Gasteiger partial charge in [-0.05, 0) is 30.7 Å². The first-order valence-electron chi connectivity index (χ1n) is 8.40. The summed E-state index contributed by atoms with van der Waals surface area (Å²) in [5, 5.41) is 2.77. The molecule has 0 radical (unpaired) electrons. The number of carbonyl (C=O) groups excluding carboxylic acids is 2. The highest BCUT2D eigenvalue weighted by Crippen LogP contribution is 2.26. The van der Waals surface area contributed by atoms with Crippen LogP contribution < -0.4 is 5.32 Å². The van der Waals surface area contributed by atoms with Crippen molar-refractivity contribution in [3.63, 3.8) is 0 Å². The summed E-state index contributed by atoms with van der Waals surface area (Å²) in [6.45, 7) is 1.90. The Kier molecular flexibility index (Phi) is 7.17. The van der Waals surface area contributed by atoms with Crippen molar-refractivity contribution in [1.29, 1.82) is 0 Å². The number of nitrogens with one attached hydrogen (secondary N) is 1. The number of benzene rings is 2. The molecule has 0 fully saturated rings. The van der Waals surface area contributed by atoms with Gasteiger partial charge in [-0.3, -0.25) is 4.79 Å². The second kappa shape index (κ2) is 9.18. The summed E-state index contributed by atoms with van der Waals surface area (Å²) in [6, 6.07) is 11.8. The van der Waals surface area contributed by atoms with E-state index in [1.54, 1.807) is 37.3 Å². The van der Waals surface area contributed by atoms with Gasteiger partial charge in [-0.15, -0.1) is 0 Å². The Morgan fingerprint density at radius 3 is 2.36 bits per heavy atom. The Bertz CT molecular complexity index is 964. The van der Waals surface area contributed by atoms with Crippen LogP contribution in [-0.2, 0) is 19.6 Å². The van der Waals surface area contributed by atoms with Crippen LogP contribution in [0.15, 0.2) is 48.5 Å². The van der Waals surface area contributed by atoms with Crippen LogP contribution in [0.2, 0.25) is 5.02 Å². The van der Waals surface area contributed by atoms with Crippen LogP contribution in [-0.4, -0.2) is 44.5 Å². The van der Waals surface area contributed by atoms with E-state index in [1.165, 1.54) is 25.2 Å². The van der Waals surface area contributed by atoms with E-state index >= 15 is 0 Å². The largest absolute Gasteiger partial charge is 0.462 e. The van der Waals surface area contributed by atoms with Gasteiger partial charge in [0.2, 0.25) is 15.9 Å². The quantitative estimate of drug-likeness (QED) is 0.689. The Balaban J connectivity index is 2.31. The molecule has 0 aliphatic heterocycles. The normalized spacial score (nSPS) is 12.5. The Hall–Kier alpha value is -2.42. The highest BCUT2D eigenvalue weighted by atomic mass is 35.5. The SMILES string of the molecule is CCOC(=O)c1ccc(NC(=O)C(c2ccccc2)N(C)S(C)(=O)=O)cc1Cl. The molecule has 2 rings (SSSR count). The third kappa shape index (κ3) is 5.31. The zero-order valence-corrected chi connectivity index (χ0v) is 17.3. The van der Waals surface area contributed by atoms with Crippen molar-refractivity contribution >= 4 is 39.2 Å². The number of amides is 1. The molecule has 1 atom stereocenters. The molecule has 9 heteroatoms. The van der Waals surface area contributed by atoms with E-state index in [0.717, 1.165) is 10.6 Å². The minimum absolute atomic E-state index is 0.115. The second-order valence-corrected chi connectivity index (χ2v) is 8.45. The van der Waals surface area contributed by atoms with Crippen LogP contribution in [0.1, 0.15) is 28.9 Å². The number of nitrogens with zero attached hydrogens (tertiary/aromatic N) is 1. The molecule has 0 spiro atoms. The minimum atomic E-state index is -3.63. The summed E-state index contributed by atoms with van der Waals surface area (Å²) in [7, 11) is -2.30. The average Bonchev–Trinajstić information content (AvgIpc) is 2.62. The number of rotatable bonds is 7. The Morgan fingerprint density at radius 1 is 1.18 bits per heavy atom. The van der Waals surface area contributed by atoms with Gasteiger partial charge in [-0.1, -0.05) is 41.9 Å². The molecular weight excluding hydrogens is 404 g/mol. The molecule has 0 aliphatic carbocycles. The zero-order chi connectivity index (χ0) is 20.9. The zero-order valence-electron chi connectivity index (χ0n) is 15.7. The lowest BCUT2D eigenvalue weighted by atomic mass is 10.1. The van der Waals surface area contributed by atoms with Crippen molar-refractivity contribution in [2.45, 2.75) is 13.0 Å². The molecule has 0 bridgehead atoms. The minimum Gasteiger partial charge on any atom is -0.462 e. The number of esters is 1. The molecule has 0 aromatic heterocycles. The van der Waals surface area contributed by atoms with Crippen LogP contribution in [0.4, 0.5) is 5.69 Å². The van der Waals surface area contributed by atoms with E-state index in [0.29, 0.717) is 11.3 Å². The van der Waals surface area contributed by atoms with E-state index in [4.69, 9.17) is 16.3 Å². The van der Waals surface area contributed by atoms with E-state index in [-0.39, 0.29) is 17.2 Å². The summed E-state index contributed by atoms with van der Waals surface area (Å²) >= 11 is 6.12. The van der Waals surface area contributed by atoms with Gasteiger partial charge in [0.1, 0.15) is 6.04 Å². The maximum Gasteiger partial charge on any atom is 0.339 e. The van der Waals surface area contributed by atoms with Gasteiger partial charge >= 0.3 is 5.97 Å². The molecule has 1 amide bonds. The lowest BCUT2D eigenvalue weighted by Crippen LogP contribution is -2.38. The van der Waals surface area contributed by atoms with Gasteiger partial charge in [0.25, 0.3) is 0 Å². The van der Waals surface area contributed by atoms with Crippen molar-refractivity contribution in [1.82, 2.24) is 4.31 Å². The molecule has 0 saturated heterocycles. The predicted molar refractivity (Wildman–Crippen MR) is 108 cm³/mol. The summed E-state index contributed by atoms with van der Waals surface area (Å²) in [5.41, 5.74) is 1.02. The summed E-state index contributed by atoms with van der Waals surface area (Å²) in [4.78, 5) is 24.7. The number of hydrogen-bond acceptors (Lipinski definition) is 5. The number of hydrogen-bond donors (Lipinski definition) is 1. The fraction of sp³-hybridized carbons (Fsp3) is 0.263. The molecule has 150 valence electrons. The van der Waals surface area contributed by atoms with E-state index in [9.17, 15) is 18.0 Å². The molecule has 1 N–H and O–H groups in total. The van der Waals surface area contributed by atoms with Gasteiger partial charge < -0.3 is 10.1 Å². The molecule has 28 heavy (non-hydrogen) atoms. The fourth-order valence-corrected chi connectivity index (χ4v) is 3.39. The fourth-order valence-electron chi connectivity index (χ4n) is 2.53. The van der Waals surface area contributed by atoms with Crippen LogP contribution in [0.3, 0.4) is 0 Å². The van der Waals surface area contributed by atoms with Crippen molar-refractivity contribution < 1.29 is 22.7 Å². The van der Waals surface area contributed by atoms with E-state index < -0.39 is 27.9 Å². The first-order chi connectivity index (χ1) is 13.1. The Morgan fingerprint density at radius 2 is 1.82 bits per heavy atom. The first kappa shape index (κ1) is 21.9. The van der Waals surface area contributed by atoms with E-state index in [1.807, 2.05) is 0 Å². The molecule has 0 heterocycles. The molecule has 2 aromatic carbocycles. The smallest absolute Gasteiger partial charge is 0.339 e. The summed E-state index contributed by atoms with van der Waals surface area (Å²) < 4.78 is 29.9. The highest BCUT2D eigenvalue weighted by molar-refractivity contribution is 7.88. The van der Waals surface area contributed by atoms with Gasteiger partial charge in [-0.2, -0.15) is 4.31 Å². The van der Waals surface area contributed by atoms with Gasteiger partial charge in [-0.25, -0.2) is 13.2 Å². The van der Waals surface area contributed by atoms with Gasteiger partial charge in [0, 0.05) is 12.7 Å². The van der Waals surface area contributed by atoms with Crippen LogP contribution >= 0.6 is 11.6 Å². The Labute approximate surface area is 169 Å². The van der Waals surface area contributed by atoms with E-state index in [2.05, 4.69) is 5.32 Å². The van der Waals surface area contributed by atoms with Crippen LogP contribution in [0.25, 0.3) is 0 Å². The molecule has 7 nitrogen and oxygen atoms in total. The molecule has 2 aromatic rings. The topological polar surface area (TPSA) is 92.8 Å². The lowest BCUT2D eigenvalue weighted by molar-refractivity contribution is -0.119. The van der Waals surface area contributed by atoms with Crippen LogP contribution in [0, 0.1) is 0 Å². The van der Waals surface area contributed by atoms with Crippen LogP contribution in [0.5, 0.6) is 0 Å². The van der Waals surface area contributed by atoms with Crippen molar-refractivity contribution in [3.05, 3.63) is 64.7 Å². The molecular formula is C19H21ClN2O5S. The molecule has 0 aliphatic rings. The van der Waals surface area contributed by atoms with Crippen molar-refractivity contribution in [2.75, 3.05) is 25.2 Å².